The Balaban J connectivity index is 3.70. The van der Waals surface area contributed by atoms with Crippen molar-refractivity contribution in [3.8, 4) is 0 Å². The molecule has 15 heavy (non-hydrogen) atoms. The summed E-state index contributed by atoms with van der Waals surface area (Å²) in [4.78, 5) is 10.7. The molecule has 0 aliphatic rings. The second-order valence-electron chi connectivity index (χ2n) is 3.74. The second kappa shape index (κ2) is 8.09. The Kier molecular flexibility index (Phi) is 7.42. The number of rotatable bonds is 5. The van der Waals surface area contributed by atoms with Crippen molar-refractivity contribution >= 4 is 6.09 Å². The zero-order valence-electron chi connectivity index (χ0n) is 10.1. The normalized spacial score (nSPS) is 10.8. The molecule has 0 radical (unpaired) electrons. The van der Waals surface area contributed by atoms with Crippen molar-refractivity contribution in [3.63, 3.8) is 0 Å². The van der Waals surface area contributed by atoms with Crippen molar-refractivity contribution in [2.24, 2.45) is 0 Å². The van der Waals surface area contributed by atoms with E-state index in [4.69, 9.17) is 0 Å². The summed E-state index contributed by atoms with van der Waals surface area (Å²) in [6.07, 6.45) is 5.93. The van der Waals surface area contributed by atoms with Gasteiger partial charge in [0.15, 0.2) is 0 Å². The van der Waals surface area contributed by atoms with Crippen LogP contribution in [0.1, 0.15) is 33.6 Å². The number of hydrogen-bond donors (Lipinski definition) is 1. The smallest absolute Gasteiger partial charge is 0.407 e. The van der Waals surface area contributed by atoms with E-state index >= 15 is 0 Å². The van der Waals surface area contributed by atoms with E-state index in [9.17, 15) is 4.79 Å². The van der Waals surface area contributed by atoms with Crippen LogP contribution in [0.25, 0.3) is 0 Å². The average Bonchev–Trinajstić information content (AvgIpc) is 2.17. The third-order valence-electron chi connectivity index (χ3n) is 1.97. The van der Waals surface area contributed by atoms with Gasteiger partial charge in [-0.3, -0.25) is 0 Å². The van der Waals surface area contributed by atoms with E-state index in [1.165, 1.54) is 18.3 Å². The van der Waals surface area contributed by atoms with Crippen LogP contribution < -0.4 is 5.32 Å². The first-order chi connectivity index (χ1) is 7.06. The van der Waals surface area contributed by atoms with Gasteiger partial charge >= 0.3 is 6.09 Å². The number of nitrogens with one attached hydrogen (secondary N) is 1. The number of amides is 1. The van der Waals surface area contributed by atoms with Gasteiger partial charge in [-0.1, -0.05) is 23.3 Å². The number of carbonyl (C=O) groups is 1. The molecule has 0 heterocycles. The lowest BCUT2D eigenvalue weighted by atomic mass is 10.1. The van der Waals surface area contributed by atoms with Crippen molar-refractivity contribution in [3.05, 3.63) is 23.3 Å². The Hall–Kier alpha value is -1.25. The van der Waals surface area contributed by atoms with Crippen molar-refractivity contribution in [1.29, 1.82) is 0 Å². The fourth-order valence-corrected chi connectivity index (χ4v) is 1.07. The van der Waals surface area contributed by atoms with Crippen molar-refractivity contribution < 1.29 is 9.53 Å². The Morgan fingerprint density at radius 1 is 1.27 bits per heavy atom. The molecule has 0 saturated carbocycles. The minimum atomic E-state index is -0.386. The van der Waals surface area contributed by atoms with E-state index in [0.717, 1.165) is 12.8 Å². The first-order valence-electron chi connectivity index (χ1n) is 5.17. The zero-order valence-corrected chi connectivity index (χ0v) is 10.1. The van der Waals surface area contributed by atoms with E-state index in [0.29, 0.717) is 6.54 Å². The topological polar surface area (TPSA) is 38.3 Å². The maximum atomic E-state index is 10.7. The molecule has 0 bridgehead atoms. The number of methoxy groups -OCH3 is 1. The predicted octanol–water partition coefficient (Wildman–Crippen LogP) is 3.04. The van der Waals surface area contributed by atoms with Crippen LogP contribution in [-0.4, -0.2) is 19.7 Å². The summed E-state index contributed by atoms with van der Waals surface area (Å²) in [5.74, 6) is 0. The van der Waals surface area contributed by atoms with E-state index in [-0.39, 0.29) is 6.09 Å². The Morgan fingerprint density at radius 2 is 1.93 bits per heavy atom. The average molecular weight is 211 g/mol. The highest BCUT2D eigenvalue weighted by atomic mass is 16.5. The number of allylic oxidation sites excluding steroid dienone is 3. The Morgan fingerprint density at radius 3 is 2.47 bits per heavy atom. The fraction of sp³-hybridized carbons (Fsp3) is 0.583. The molecule has 0 unspecified atom stereocenters. The summed E-state index contributed by atoms with van der Waals surface area (Å²) in [6.45, 7) is 6.79. The van der Waals surface area contributed by atoms with Crippen LogP contribution >= 0.6 is 0 Å². The maximum absolute atomic E-state index is 10.7. The molecule has 1 N–H and O–H groups in total. The van der Waals surface area contributed by atoms with Gasteiger partial charge in [-0.25, -0.2) is 4.79 Å². The van der Waals surface area contributed by atoms with Crippen LogP contribution in [0.2, 0.25) is 0 Å². The van der Waals surface area contributed by atoms with Gasteiger partial charge in [-0.05, 0) is 33.6 Å². The SMILES string of the molecule is COC(=O)NC/C=C(\C)CCC=C(C)C. The highest BCUT2D eigenvalue weighted by Crippen LogP contribution is 2.05. The van der Waals surface area contributed by atoms with Gasteiger partial charge in [-0.15, -0.1) is 0 Å². The summed E-state index contributed by atoms with van der Waals surface area (Å²) in [5.41, 5.74) is 2.62. The molecular formula is C12H21NO2. The molecule has 0 aliphatic carbocycles. The number of carbonyl (C=O) groups excluding carboxylic acids is 1. The zero-order chi connectivity index (χ0) is 11.7. The lowest BCUT2D eigenvalue weighted by molar-refractivity contribution is 0.172. The summed E-state index contributed by atoms with van der Waals surface area (Å²) < 4.78 is 4.46. The predicted molar refractivity (Wildman–Crippen MR) is 62.8 cm³/mol. The number of hydrogen-bond acceptors (Lipinski definition) is 2. The lowest BCUT2D eigenvalue weighted by Crippen LogP contribution is -2.22. The standard InChI is InChI=1S/C12H21NO2/c1-10(2)6-5-7-11(3)8-9-13-12(14)15-4/h6,8H,5,7,9H2,1-4H3,(H,13,14)/b11-8+. The second-order valence-corrected chi connectivity index (χ2v) is 3.74. The van der Waals surface area contributed by atoms with Gasteiger partial charge in [0.05, 0.1) is 7.11 Å². The summed E-state index contributed by atoms with van der Waals surface area (Å²) >= 11 is 0. The van der Waals surface area contributed by atoms with Crippen LogP contribution in [-0.2, 0) is 4.74 Å². The van der Waals surface area contributed by atoms with Gasteiger partial charge < -0.3 is 10.1 Å². The third-order valence-corrected chi connectivity index (χ3v) is 1.97. The largest absolute Gasteiger partial charge is 0.453 e. The molecule has 1 amide bonds. The highest BCUT2D eigenvalue weighted by Gasteiger charge is 1.94. The molecule has 3 nitrogen and oxygen atoms in total. The van der Waals surface area contributed by atoms with Crippen LogP contribution in [0.15, 0.2) is 23.3 Å². The number of ether oxygens (including phenoxy) is 1. The molecule has 0 aromatic carbocycles. The molecule has 0 aromatic heterocycles. The summed E-state index contributed by atoms with van der Waals surface area (Å²) in [6, 6.07) is 0. The quantitative estimate of drug-likeness (QED) is 0.710. The van der Waals surface area contributed by atoms with Crippen LogP contribution in [0.4, 0.5) is 4.79 Å². The maximum Gasteiger partial charge on any atom is 0.407 e. The van der Waals surface area contributed by atoms with Crippen molar-refractivity contribution in [2.45, 2.75) is 33.6 Å². The molecule has 3 heteroatoms. The minimum Gasteiger partial charge on any atom is -0.453 e. The fourth-order valence-electron chi connectivity index (χ4n) is 1.07. The monoisotopic (exact) mass is 211 g/mol. The highest BCUT2D eigenvalue weighted by molar-refractivity contribution is 5.67. The van der Waals surface area contributed by atoms with Crippen molar-refractivity contribution in [2.75, 3.05) is 13.7 Å². The van der Waals surface area contributed by atoms with Crippen molar-refractivity contribution in [1.82, 2.24) is 5.32 Å². The molecular weight excluding hydrogens is 190 g/mol. The Labute approximate surface area is 92.2 Å². The molecule has 0 fully saturated rings. The molecule has 0 aromatic rings. The van der Waals surface area contributed by atoms with Gasteiger partial charge in [0.25, 0.3) is 0 Å². The molecule has 0 aliphatic heterocycles. The van der Waals surface area contributed by atoms with Gasteiger partial charge in [0.1, 0.15) is 0 Å². The van der Waals surface area contributed by atoms with Crippen LogP contribution in [0.5, 0.6) is 0 Å². The van der Waals surface area contributed by atoms with Gasteiger partial charge in [-0.2, -0.15) is 0 Å². The minimum absolute atomic E-state index is 0.386. The first-order valence-corrected chi connectivity index (χ1v) is 5.17. The van der Waals surface area contributed by atoms with Crippen LogP contribution in [0.3, 0.4) is 0 Å². The molecule has 0 atom stereocenters. The Bertz CT molecular complexity index is 250. The number of alkyl carbamates (subject to hydrolysis) is 1. The lowest BCUT2D eigenvalue weighted by Gasteiger charge is -2.01. The molecule has 0 rings (SSSR count). The molecule has 86 valence electrons. The summed E-state index contributed by atoms with van der Waals surface area (Å²) in [5, 5.41) is 2.61. The van der Waals surface area contributed by atoms with E-state index in [1.54, 1.807) is 0 Å². The molecule has 0 saturated heterocycles. The third kappa shape index (κ3) is 9.06. The van der Waals surface area contributed by atoms with Crippen LogP contribution in [0, 0.1) is 0 Å². The van der Waals surface area contributed by atoms with E-state index in [1.807, 2.05) is 6.08 Å². The summed E-state index contributed by atoms with van der Waals surface area (Å²) in [7, 11) is 1.36. The first kappa shape index (κ1) is 13.8. The van der Waals surface area contributed by atoms with Gasteiger partial charge in [0, 0.05) is 6.54 Å². The van der Waals surface area contributed by atoms with E-state index in [2.05, 4.69) is 36.9 Å². The van der Waals surface area contributed by atoms with Gasteiger partial charge in [0.2, 0.25) is 0 Å². The van der Waals surface area contributed by atoms with E-state index < -0.39 is 0 Å². The molecule has 0 spiro atoms.